The third kappa shape index (κ3) is 3.31. The van der Waals surface area contributed by atoms with Crippen LogP contribution in [0.1, 0.15) is 62.6 Å². The van der Waals surface area contributed by atoms with Crippen molar-refractivity contribution >= 4 is 27.8 Å². The van der Waals surface area contributed by atoms with Gasteiger partial charge in [0.1, 0.15) is 11.3 Å². The molecular formula is C25H24F3N3O2. The second kappa shape index (κ2) is 7.64. The van der Waals surface area contributed by atoms with E-state index in [9.17, 15) is 18.7 Å². The minimum absolute atomic E-state index is 0.0233. The van der Waals surface area contributed by atoms with Crippen LogP contribution in [-0.2, 0) is 4.79 Å². The van der Waals surface area contributed by atoms with Gasteiger partial charge in [0.15, 0.2) is 5.82 Å². The second-order valence-corrected chi connectivity index (χ2v) is 9.23. The summed E-state index contributed by atoms with van der Waals surface area (Å²) < 4.78 is 46.3. The number of fused-ring (bicyclic) bond motifs is 2. The van der Waals surface area contributed by atoms with E-state index < -0.39 is 17.5 Å². The van der Waals surface area contributed by atoms with Crippen LogP contribution in [0.5, 0.6) is 0 Å². The van der Waals surface area contributed by atoms with Gasteiger partial charge in [-0.3, -0.25) is 5.10 Å². The minimum Gasteiger partial charge on any atom is -0.479 e. The normalized spacial score (nSPS) is 21.3. The lowest BCUT2D eigenvalue weighted by molar-refractivity contribution is -0.153. The molecule has 1 aliphatic rings. The van der Waals surface area contributed by atoms with Crippen LogP contribution in [0, 0.1) is 11.6 Å². The van der Waals surface area contributed by atoms with Crippen LogP contribution in [0.4, 0.5) is 13.2 Å². The number of H-pyrrole nitrogens is 1. The topological polar surface area (TPSA) is 70.9 Å². The van der Waals surface area contributed by atoms with E-state index in [0.717, 1.165) is 11.3 Å². The molecule has 2 N–H and O–H groups in total. The summed E-state index contributed by atoms with van der Waals surface area (Å²) in [6, 6.07) is 7.89. The molecular weight excluding hydrogens is 431 g/mol. The summed E-state index contributed by atoms with van der Waals surface area (Å²) in [7, 11) is 0. The Kier molecular flexibility index (Phi) is 4.99. The Morgan fingerprint density at radius 3 is 2.48 bits per heavy atom. The third-order valence-electron chi connectivity index (χ3n) is 6.88. The summed E-state index contributed by atoms with van der Waals surface area (Å²) in [6.07, 6.45) is 1.90. The molecule has 0 aliphatic heterocycles. The van der Waals surface area contributed by atoms with Gasteiger partial charge in [-0.2, -0.15) is 5.10 Å². The molecule has 0 unspecified atom stereocenters. The number of rotatable bonds is 4. The molecule has 2 aromatic carbocycles. The first-order valence-corrected chi connectivity index (χ1v) is 11.1. The number of halogens is 3. The van der Waals surface area contributed by atoms with Gasteiger partial charge in [-0.05, 0) is 73.4 Å². The van der Waals surface area contributed by atoms with Crippen LogP contribution in [-0.4, -0.2) is 31.5 Å². The molecule has 1 saturated carbocycles. The lowest BCUT2D eigenvalue weighted by Crippen LogP contribution is -2.37. The van der Waals surface area contributed by atoms with Crippen molar-refractivity contribution in [2.45, 2.75) is 57.0 Å². The van der Waals surface area contributed by atoms with Crippen molar-refractivity contribution in [1.82, 2.24) is 14.8 Å². The Bertz CT molecular complexity index is 1360. The monoisotopic (exact) mass is 455 g/mol. The maximum absolute atomic E-state index is 15.9. The van der Waals surface area contributed by atoms with Gasteiger partial charge in [0.2, 0.25) is 5.67 Å². The molecule has 0 saturated heterocycles. The summed E-state index contributed by atoms with van der Waals surface area (Å²) in [5.41, 5.74) is 0.991. The van der Waals surface area contributed by atoms with Gasteiger partial charge in [-0.1, -0.05) is 13.8 Å². The number of nitrogens with one attached hydrogen (secondary N) is 1. The number of carbonyl (C=O) groups is 1. The van der Waals surface area contributed by atoms with Gasteiger partial charge in [0, 0.05) is 22.2 Å². The van der Waals surface area contributed by atoms with E-state index in [1.54, 1.807) is 18.3 Å². The molecule has 5 rings (SSSR count). The molecule has 172 valence electrons. The van der Waals surface area contributed by atoms with Gasteiger partial charge in [0.25, 0.3) is 0 Å². The molecule has 2 heterocycles. The van der Waals surface area contributed by atoms with E-state index >= 15 is 4.39 Å². The fourth-order valence-corrected chi connectivity index (χ4v) is 5.28. The largest absolute Gasteiger partial charge is 0.479 e. The number of aromatic nitrogens is 3. The SMILES string of the molecule is CC(C)c1c(C2CCC(F)(C(=O)O)CC2)c2c(F)c3[nH]ncc3cc2n1-c1ccc(F)cc1. The van der Waals surface area contributed by atoms with Gasteiger partial charge in [0.05, 0.1) is 11.7 Å². The molecule has 5 nitrogen and oxygen atoms in total. The Labute approximate surface area is 188 Å². The maximum atomic E-state index is 15.9. The van der Waals surface area contributed by atoms with Gasteiger partial charge in [-0.25, -0.2) is 18.0 Å². The van der Waals surface area contributed by atoms with Crippen molar-refractivity contribution in [1.29, 1.82) is 0 Å². The summed E-state index contributed by atoms with van der Waals surface area (Å²) in [4.78, 5) is 11.4. The van der Waals surface area contributed by atoms with E-state index in [2.05, 4.69) is 10.2 Å². The summed E-state index contributed by atoms with van der Waals surface area (Å²) in [6.45, 7) is 4.01. The highest BCUT2D eigenvalue weighted by Crippen LogP contribution is 2.48. The van der Waals surface area contributed by atoms with Gasteiger partial charge in [-0.15, -0.1) is 0 Å². The van der Waals surface area contributed by atoms with E-state index in [-0.39, 0.29) is 36.0 Å². The van der Waals surface area contributed by atoms with E-state index in [0.29, 0.717) is 34.8 Å². The number of aromatic amines is 1. The average molecular weight is 455 g/mol. The van der Waals surface area contributed by atoms with Crippen molar-refractivity contribution in [3.8, 4) is 5.69 Å². The van der Waals surface area contributed by atoms with Crippen molar-refractivity contribution < 1.29 is 23.1 Å². The number of benzene rings is 2. The number of hydrogen-bond donors (Lipinski definition) is 2. The molecule has 33 heavy (non-hydrogen) atoms. The number of carboxylic acids is 1. The summed E-state index contributed by atoms with van der Waals surface area (Å²) >= 11 is 0. The van der Waals surface area contributed by atoms with Gasteiger partial charge < -0.3 is 9.67 Å². The number of alkyl halides is 1. The first-order chi connectivity index (χ1) is 15.7. The molecule has 0 bridgehead atoms. The molecule has 8 heteroatoms. The summed E-state index contributed by atoms with van der Waals surface area (Å²) in [5, 5.41) is 17.0. The standard InChI is InChI=1S/C25H24F3N3O2/c1-13(2)23-19(14-7-9-25(28,10-8-14)24(32)33)20-18(11-15-12-29-30-22(15)21(20)27)31(23)17-5-3-16(26)4-6-17/h3-6,11-14H,7-10H2,1-2H3,(H,29,30)(H,32,33). The zero-order valence-electron chi connectivity index (χ0n) is 18.3. The number of nitrogens with zero attached hydrogens (tertiary/aromatic N) is 2. The van der Waals surface area contributed by atoms with Crippen molar-refractivity contribution in [3.05, 3.63) is 59.4 Å². The Morgan fingerprint density at radius 2 is 1.88 bits per heavy atom. The molecule has 2 aromatic heterocycles. The highest BCUT2D eigenvalue weighted by molar-refractivity contribution is 5.99. The first kappa shape index (κ1) is 21.6. The third-order valence-corrected chi connectivity index (χ3v) is 6.88. The number of carboxylic acid groups (broad SMARTS) is 1. The first-order valence-electron chi connectivity index (χ1n) is 11.1. The smallest absolute Gasteiger partial charge is 0.341 e. The van der Waals surface area contributed by atoms with E-state index in [1.807, 2.05) is 24.5 Å². The lowest BCUT2D eigenvalue weighted by Gasteiger charge is -2.32. The fraction of sp³-hybridized carbons (Fsp3) is 0.360. The number of hydrogen-bond acceptors (Lipinski definition) is 2. The van der Waals surface area contributed by atoms with Gasteiger partial charge >= 0.3 is 5.97 Å². The molecule has 0 spiro atoms. The predicted octanol–water partition coefficient (Wildman–Crippen LogP) is 6.36. The second-order valence-electron chi connectivity index (χ2n) is 9.23. The zero-order chi connectivity index (χ0) is 23.5. The molecule has 0 amide bonds. The van der Waals surface area contributed by atoms with Crippen LogP contribution in [0.3, 0.4) is 0 Å². The maximum Gasteiger partial charge on any atom is 0.341 e. The quantitative estimate of drug-likeness (QED) is 0.376. The molecule has 0 atom stereocenters. The van der Waals surface area contributed by atoms with E-state index in [4.69, 9.17) is 0 Å². The van der Waals surface area contributed by atoms with Crippen molar-refractivity contribution in [2.24, 2.45) is 0 Å². The molecule has 1 aliphatic carbocycles. The van der Waals surface area contributed by atoms with E-state index in [1.165, 1.54) is 12.1 Å². The average Bonchev–Trinajstić information content (AvgIpc) is 3.38. The highest BCUT2D eigenvalue weighted by atomic mass is 19.1. The summed E-state index contributed by atoms with van der Waals surface area (Å²) in [5.74, 6) is -2.48. The molecule has 4 aromatic rings. The molecule has 0 radical (unpaired) electrons. The minimum atomic E-state index is -2.25. The van der Waals surface area contributed by atoms with Crippen molar-refractivity contribution in [2.75, 3.05) is 0 Å². The van der Waals surface area contributed by atoms with Crippen LogP contribution in [0.15, 0.2) is 36.5 Å². The predicted molar refractivity (Wildman–Crippen MR) is 120 cm³/mol. The van der Waals surface area contributed by atoms with Crippen LogP contribution in [0.2, 0.25) is 0 Å². The fourth-order valence-electron chi connectivity index (χ4n) is 5.28. The van der Waals surface area contributed by atoms with Crippen molar-refractivity contribution in [3.63, 3.8) is 0 Å². The zero-order valence-corrected chi connectivity index (χ0v) is 18.3. The lowest BCUT2D eigenvalue weighted by atomic mass is 9.75. The van der Waals surface area contributed by atoms with Crippen LogP contribution >= 0.6 is 0 Å². The number of aliphatic carboxylic acids is 1. The Morgan fingerprint density at radius 1 is 1.21 bits per heavy atom. The highest BCUT2D eigenvalue weighted by Gasteiger charge is 2.44. The van der Waals surface area contributed by atoms with Crippen LogP contribution < -0.4 is 0 Å². The van der Waals surface area contributed by atoms with Crippen LogP contribution in [0.25, 0.3) is 27.5 Å². The Balaban J connectivity index is 1.80. The Hall–Kier alpha value is -3.29. The molecule has 1 fully saturated rings.